The van der Waals surface area contributed by atoms with Gasteiger partial charge in [-0.2, -0.15) is 5.26 Å². The van der Waals surface area contributed by atoms with Crippen molar-refractivity contribution >= 4 is 33.5 Å². The Balaban J connectivity index is 2.06. The zero-order chi connectivity index (χ0) is 20.4. The number of benzene rings is 2. The molecule has 3 aromatic rings. The van der Waals surface area contributed by atoms with Gasteiger partial charge in [0.2, 0.25) is 0 Å². The van der Waals surface area contributed by atoms with Crippen molar-refractivity contribution in [1.82, 2.24) is 4.57 Å². The van der Waals surface area contributed by atoms with Gasteiger partial charge >= 0.3 is 5.97 Å². The first kappa shape index (κ1) is 19.6. The Kier molecular flexibility index (Phi) is 5.48. The largest absolute Gasteiger partial charge is 0.478 e. The molecule has 0 bridgehead atoms. The molecule has 0 atom stereocenters. The molecule has 140 valence electrons. The number of nitriles is 1. The van der Waals surface area contributed by atoms with Crippen LogP contribution in [0.4, 0.5) is 4.39 Å². The number of aromatic carboxylic acids is 1. The summed E-state index contributed by atoms with van der Waals surface area (Å²) in [6, 6.07) is 15.1. The first-order chi connectivity index (χ1) is 13.3. The number of aromatic nitrogens is 1. The highest BCUT2D eigenvalue weighted by atomic mass is 79.9. The van der Waals surface area contributed by atoms with Crippen LogP contribution in [0.1, 0.15) is 32.9 Å². The summed E-state index contributed by atoms with van der Waals surface area (Å²) < 4.78 is 16.9. The highest BCUT2D eigenvalue weighted by molar-refractivity contribution is 9.10. The number of hydrogen-bond donors (Lipinski definition) is 1. The summed E-state index contributed by atoms with van der Waals surface area (Å²) in [5.74, 6) is -1.37. The van der Waals surface area contributed by atoms with E-state index in [0.717, 1.165) is 17.0 Å². The van der Waals surface area contributed by atoms with Gasteiger partial charge < -0.3 is 9.67 Å². The molecule has 0 amide bonds. The highest BCUT2D eigenvalue weighted by Crippen LogP contribution is 2.27. The van der Waals surface area contributed by atoms with Crippen molar-refractivity contribution in [3.63, 3.8) is 0 Å². The summed E-state index contributed by atoms with van der Waals surface area (Å²) in [7, 11) is 0. The fourth-order valence-corrected chi connectivity index (χ4v) is 3.43. The quantitative estimate of drug-likeness (QED) is 0.526. The Bertz CT molecular complexity index is 1140. The smallest absolute Gasteiger partial charge is 0.335 e. The monoisotopic (exact) mass is 438 g/mol. The summed E-state index contributed by atoms with van der Waals surface area (Å²) in [6.45, 7) is 3.74. The number of nitrogens with zero attached hydrogens (tertiary/aromatic N) is 2. The minimum atomic E-state index is -1.02. The predicted octanol–water partition coefficient (Wildman–Crippen LogP) is 5.76. The van der Waals surface area contributed by atoms with E-state index in [1.807, 2.05) is 19.9 Å². The van der Waals surface area contributed by atoms with Crippen molar-refractivity contribution in [2.75, 3.05) is 0 Å². The van der Waals surface area contributed by atoms with Gasteiger partial charge in [-0.05, 0) is 67.4 Å². The lowest BCUT2D eigenvalue weighted by atomic mass is 10.0. The number of carbonyl (C=O) groups is 1. The lowest BCUT2D eigenvalue weighted by Gasteiger charge is -2.11. The minimum Gasteiger partial charge on any atom is -0.478 e. The van der Waals surface area contributed by atoms with Gasteiger partial charge in [0.05, 0.1) is 22.9 Å². The molecule has 3 rings (SSSR count). The van der Waals surface area contributed by atoms with Crippen LogP contribution in [-0.4, -0.2) is 15.6 Å². The van der Waals surface area contributed by atoms with Crippen molar-refractivity contribution in [2.24, 2.45) is 0 Å². The highest BCUT2D eigenvalue weighted by Gasteiger charge is 2.14. The molecule has 2 aromatic carbocycles. The molecular weight excluding hydrogens is 423 g/mol. The molecule has 0 aliphatic carbocycles. The molecule has 0 fully saturated rings. The molecule has 0 spiro atoms. The molecule has 0 unspecified atom stereocenters. The van der Waals surface area contributed by atoms with Crippen LogP contribution in [0.25, 0.3) is 17.3 Å². The van der Waals surface area contributed by atoms with Crippen LogP contribution in [0.15, 0.2) is 53.0 Å². The number of allylic oxidation sites excluding steroid dienone is 1. The normalized spacial score (nSPS) is 11.3. The number of carboxylic acid groups (broad SMARTS) is 1. The van der Waals surface area contributed by atoms with Crippen LogP contribution in [0, 0.1) is 31.0 Å². The zero-order valence-electron chi connectivity index (χ0n) is 15.2. The van der Waals surface area contributed by atoms with Gasteiger partial charge in [-0.25, -0.2) is 9.18 Å². The Labute approximate surface area is 170 Å². The third-order valence-electron chi connectivity index (χ3n) is 4.48. The summed E-state index contributed by atoms with van der Waals surface area (Å²) >= 11 is 3.26. The molecule has 0 saturated carbocycles. The van der Waals surface area contributed by atoms with Gasteiger partial charge in [0.15, 0.2) is 0 Å². The topological polar surface area (TPSA) is 66.0 Å². The summed E-state index contributed by atoms with van der Waals surface area (Å²) in [6.07, 6.45) is 1.73. The molecular formula is C22H16BrFN2O2. The summed E-state index contributed by atoms with van der Waals surface area (Å²) in [4.78, 5) is 11.0. The van der Waals surface area contributed by atoms with E-state index in [-0.39, 0.29) is 11.4 Å². The van der Waals surface area contributed by atoms with Crippen molar-refractivity contribution < 1.29 is 14.3 Å². The first-order valence-corrected chi connectivity index (χ1v) is 9.21. The first-order valence-electron chi connectivity index (χ1n) is 8.41. The Morgan fingerprint density at radius 3 is 2.36 bits per heavy atom. The van der Waals surface area contributed by atoms with Crippen LogP contribution in [0.3, 0.4) is 0 Å². The Morgan fingerprint density at radius 2 is 1.79 bits per heavy atom. The maximum Gasteiger partial charge on any atom is 0.335 e. The fraction of sp³-hybridized carbons (Fsp3) is 0.0909. The third-order valence-corrected chi connectivity index (χ3v) is 4.98. The van der Waals surface area contributed by atoms with E-state index in [0.29, 0.717) is 21.3 Å². The van der Waals surface area contributed by atoms with E-state index < -0.39 is 5.97 Å². The number of halogens is 2. The van der Waals surface area contributed by atoms with E-state index in [1.54, 1.807) is 34.9 Å². The van der Waals surface area contributed by atoms with Crippen LogP contribution in [-0.2, 0) is 0 Å². The minimum absolute atomic E-state index is 0.157. The fourth-order valence-electron chi connectivity index (χ4n) is 3.10. The van der Waals surface area contributed by atoms with Crippen molar-refractivity contribution in [3.05, 3.63) is 86.9 Å². The molecule has 1 N–H and O–H groups in total. The molecule has 6 heteroatoms. The second kappa shape index (κ2) is 7.83. The average Bonchev–Trinajstić information content (AvgIpc) is 2.93. The molecule has 28 heavy (non-hydrogen) atoms. The van der Waals surface area contributed by atoms with Gasteiger partial charge in [0, 0.05) is 15.9 Å². The SMILES string of the molecule is Cc1cc(/C=C(/C#N)c2ccc(C(=O)O)cc2)c(C)n1-c1ccc(Br)cc1F. The van der Waals surface area contributed by atoms with E-state index >= 15 is 0 Å². The number of carboxylic acids is 1. The van der Waals surface area contributed by atoms with Crippen molar-refractivity contribution in [1.29, 1.82) is 5.26 Å². The molecule has 0 saturated heterocycles. The van der Waals surface area contributed by atoms with Crippen LogP contribution in [0.5, 0.6) is 0 Å². The van der Waals surface area contributed by atoms with E-state index in [4.69, 9.17) is 5.11 Å². The molecule has 1 heterocycles. The summed E-state index contributed by atoms with van der Waals surface area (Å²) in [5, 5.41) is 18.6. The maximum atomic E-state index is 14.4. The molecule has 0 aliphatic heterocycles. The van der Waals surface area contributed by atoms with Crippen LogP contribution in [0.2, 0.25) is 0 Å². The van der Waals surface area contributed by atoms with Crippen molar-refractivity contribution in [2.45, 2.75) is 13.8 Å². The molecule has 0 radical (unpaired) electrons. The molecule has 0 aliphatic rings. The Morgan fingerprint density at radius 1 is 1.14 bits per heavy atom. The molecule has 1 aromatic heterocycles. The third kappa shape index (κ3) is 3.75. The zero-order valence-corrected chi connectivity index (χ0v) is 16.8. The molecule has 4 nitrogen and oxygen atoms in total. The second-order valence-electron chi connectivity index (χ2n) is 6.31. The lowest BCUT2D eigenvalue weighted by Crippen LogP contribution is -2.02. The second-order valence-corrected chi connectivity index (χ2v) is 7.23. The van der Waals surface area contributed by atoms with Crippen LogP contribution >= 0.6 is 15.9 Å². The van der Waals surface area contributed by atoms with Crippen LogP contribution < -0.4 is 0 Å². The standard InChI is InChI=1S/C22H16BrFN2O2/c1-13-9-17(14(2)26(13)21-8-7-19(23)11-20(21)24)10-18(12-25)15-3-5-16(6-4-15)22(27)28/h3-11H,1-2H3,(H,27,28)/b18-10-. The predicted molar refractivity (Wildman–Crippen MR) is 110 cm³/mol. The van der Waals surface area contributed by atoms with Crippen molar-refractivity contribution in [3.8, 4) is 11.8 Å². The van der Waals surface area contributed by atoms with Gasteiger partial charge in [0.1, 0.15) is 5.82 Å². The van der Waals surface area contributed by atoms with Gasteiger partial charge in [-0.1, -0.05) is 28.1 Å². The van der Waals surface area contributed by atoms with Gasteiger partial charge in [0.25, 0.3) is 0 Å². The van der Waals surface area contributed by atoms with E-state index in [1.165, 1.54) is 18.2 Å². The van der Waals surface area contributed by atoms with E-state index in [9.17, 15) is 14.4 Å². The number of aryl methyl sites for hydroxylation is 1. The van der Waals surface area contributed by atoms with E-state index in [2.05, 4.69) is 22.0 Å². The van der Waals surface area contributed by atoms with Gasteiger partial charge in [-0.3, -0.25) is 0 Å². The lowest BCUT2D eigenvalue weighted by molar-refractivity contribution is 0.0697. The summed E-state index contributed by atoms with van der Waals surface area (Å²) in [5.41, 5.74) is 4.03. The number of rotatable bonds is 4. The maximum absolute atomic E-state index is 14.4. The Hall–Kier alpha value is -3.17. The van der Waals surface area contributed by atoms with Gasteiger partial charge in [-0.15, -0.1) is 0 Å². The average molecular weight is 439 g/mol. The number of hydrogen-bond acceptors (Lipinski definition) is 2.